The summed E-state index contributed by atoms with van der Waals surface area (Å²) in [7, 11) is 1.99. The molecule has 0 aliphatic heterocycles. The third-order valence-corrected chi connectivity index (χ3v) is 3.21. The van der Waals surface area contributed by atoms with Crippen LogP contribution in [-0.2, 0) is 6.42 Å². The van der Waals surface area contributed by atoms with Crippen molar-refractivity contribution in [2.45, 2.75) is 18.9 Å². The maximum Gasteiger partial charge on any atom is 0.115 e. The van der Waals surface area contributed by atoms with E-state index in [4.69, 9.17) is 0 Å². The average Bonchev–Trinajstić information content (AvgIpc) is 2.43. The van der Waals surface area contributed by atoms with Gasteiger partial charge < -0.3 is 10.4 Å². The number of rotatable bonds is 5. The molecule has 2 N–H and O–H groups in total. The standard InChI is InChI=1S/C16H19NO/c1-17-16(14-5-3-2-4-6-14)12-9-13-7-10-15(18)11-8-13/h2-8,10-11,16-18H,9,12H2,1H3. The summed E-state index contributed by atoms with van der Waals surface area (Å²) < 4.78 is 0. The van der Waals surface area contributed by atoms with Crippen molar-refractivity contribution in [2.24, 2.45) is 0 Å². The van der Waals surface area contributed by atoms with Crippen molar-refractivity contribution < 1.29 is 5.11 Å². The molecular weight excluding hydrogens is 222 g/mol. The van der Waals surface area contributed by atoms with Crippen LogP contribution >= 0.6 is 0 Å². The van der Waals surface area contributed by atoms with E-state index in [2.05, 4.69) is 29.6 Å². The van der Waals surface area contributed by atoms with E-state index in [-0.39, 0.29) is 0 Å². The van der Waals surface area contributed by atoms with Gasteiger partial charge in [-0.25, -0.2) is 0 Å². The van der Waals surface area contributed by atoms with Crippen molar-refractivity contribution in [3.05, 3.63) is 65.7 Å². The molecule has 2 heteroatoms. The lowest BCUT2D eigenvalue weighted by atomic mass is 9.99. The molecule has 1 atom stereocenters. The quantitative estimate of drug-likeness (QED) is 0.842. The Labute approximate surface area is 108 Å². The Hall–Kier alpha value is -1.80. The summed E-state index contributed by atoms with van der Waals surface area (Å²) in [5.74, 6) is 0.326. The molecule has 0 fully saturated rings. The van der Waals surface area contributed by atoms with Crippen molar-refractivity contribution >= 4 is 0 Å². The molecule has 2 aromatic rings. The predicted octanol–water partition coefficient (Wildman–Crippen LogP) is 3.29. The van der Waals surface area contributed by atoms with Crippen LogP contribution in [0.2, 0.25) is 0 Å². The smallest absolute Gasteiger partial charge is 0.115 e. The van der Waals surface area contributed by atoms with Gasteiger partial charge in [-0.3, -0.25) is 0 Å². The summed E-state index contributed by atoms with van der Waals surface area (Å²) in [6.45, 7) is 0. The molecule has 0 spiro atoms. The van der Waals surface area contributed by atoms with Gasteiger partial charge in [-0.1, -0.05) is 42.5 Å². The fourth-order valence-corrected chi connectivity index (χ4v) is 2.14. The lowest BCUT2D eigenvalue weighted by molar-refractivity contribution is 0.475. The number of hydrogen-bond acceptors (Lipinski definition) is 2. The number of aromatic hydroxyl groups is 1. The van der Waals surface area contributed by atoms with E-state index in [1.54, 1.807) is 12.1 Å². The fourth-order valence-electron chi connectivity index (χ4n) is 2.14. The first kappa shape index (κ1) is 12.7. The molecule has 0 heterocycles. The first-order chi connectivity index (χ1) is 8.79. The number of aryl methyl sites for hydroxylation is 1. The van der Waals surface area contributed by atoms with Crippen LogP contribution in [0.25, 0.3) is 0 Å². The summed E-state index contributed by atoms with van der Waals surface area (Å²) in [6, 6.07) is 18.3. The second-order valence-electron chi connectivity index (χ2n) is 4.46. The zero-order chi connectivity index (χ0) is 12.8. The van der Waals surface area contributed by atoms with Crippen LogP contribution in [0.1, 0.15) is 23.6 Å². The molecular formula is C16H19NO. The van der Waals surface area contributed by atoms with Crippen LogP contribution in [0.4, 0.5) is 0 Å². The second kappa shape index (κ2) is 6.22. The van der Waals surface area contributed by atoms with Crippen molar-refractivity contribution in [1.29, 1.82) is 0 Å². The Bertz CT molecular complexity index is 464. The highest BCUT2D eigenvalue weighted by Gasteiger charge is 2.08. The first-order valence-electron chi connectivity index (χ1n) is 6.29. The molecule has 0 saturated heterocycles. The Kier molecular flexibility index (Phi) is 4.37. The molecule has 1 unspecified atom stereocenters. The molecule has 0 aliphatic carbocycles. The Morgan fingerprint density at radius 2 is 1.67 bits per heavy atom. The molecule has 18 heavy (non-hydrogen) atoms. The van der Waals surface area contributed by atoms with E-state index in [1.165, 1.54) is 11.1 Å². The normalized spacial score (nSPS) is 12.3. The Morgan fingerprint density at radius 3 is 2.28 bits per heavy atom. The molecule has 2 aromatic carbocycles. The van der Waals surface area contributed by atoms with Gasteiger partial charge in [0.1, 0.15) is 5.75 Å². The number of phenols is 1. The van der Waals surface area contributed by atoms with Gasteiger partial charge in [0.25, 0.3) is 0 Å². The first-order valence-corrected chi connectivity index (χ1v) is 6.29. The third kappa shape index (κ3) is 3.34. The van der Waals surface area contributed by atoms with Crippen LogP contribution < -0.4 is 5.32 Å². The Balaban J connectivity index is 1.97. The summed E-state index contributed by atoms with van der Waals surface area (Å²) in [4.78, 5) is 0. The van der Waals surface area contributed by atoms with Crippen LogP contribution in [0.15, 0.2) is 54.6 Å². The average molecular weight is 241 g/mol. The number of benzene rings is 2. The van der Waals surface area contributed by atoms with Crippen molar-refractivity contribution in [1.82, 2.24) is 5.32 Å². The van der Waals surface area contributed by atoms with Gasteiger partial charge in [0.2, 0.25) is 0 Å². The monoisotopic (exact) mass is 241 g/mol. The van der Waals surface area contributed by atoms with E-state index >= 15 is 0 Å². The van der Waals surface area contributed by atoms with E-state index in [0.29, 0.717) is 11.8 Å². The van der Waals surface area contributed by atoms with Crippen molar-refractivity contribution in [3.8, 4) is 5.75 Å². The zero-order valence-electron chi connectivity index (χ0n) is 10.6. The molecule has 0 bridgehead atoms. The molecule has 0 aromatic heterocycles. The Morgan fingerprint density at radius 1 is 1.00 bits per heavy atom. The van der Waals surface area contributed by atoms with E-state index < -0.39 is 0 Å². The second-order valence-corrected chi connectivity index (χ2v) is 4.46. The fraction of sp³-hybridized carbons (Fsp3) is 0.250. The van der Waals surface area contributed by atoms with Gasteiger partial charge in [0.05, 0.1) is 0 Å². The number of nitrogens with one attached hydrogen (secondary N) is 1. The van der Waals surface area contributed by atoms with Crippen molar-refractivity contribution in [2.75, 3.05) is 7.05 Å². The maximum absolute atomic E-state index is 9.25. The number of hydrogen-bond donors (Lipinski definition) is 2. The summed E-state index contributed by atoms with van der Waals surface area (Å²) >= 11 is 0. The molecule has 2 nitrogen and oxygen atoms in total. The van der Waals surface area contributed by atoms with Gasteiger partial charge in [-0.2, -0.15) is 0 Å². The largest absolute Gasteiger partial charge is 0.508 e. The summed E-state index contributed by atoms with van der Waals surface area (Å²) in [5.41, 5.74) is 2.57. The summed E-state index contributed by atoms with van der Waals surface area (Å²) in [5, 5.41) is 12.6. The minimum Gasteiger partial charge on any atom is -0.508 e. The van der Waals surface area contributed by atoms with Crippen LogP contribution in [-0.4, -0.2) is 12.2 Å². The predicted molar refractivity (Wildman–Crippen MR) is 74.7 cm³/mol. The molecule has 2 rings (SSSR count). The number of phenolic OH excluding ortho intramolecular Hbond substituents is 1. The van der Waals surface area contributed by atoms with Gasteiger partial charge in [0, 0.05) is 6.04 Å². The van der Waals surface area contributed by atoms with Crippen molar-refractivity contribution in [3.63, 3.8) is 0 Å². The van der Waals surface area contributed by atoms with E-state index in [0.717, 1.165) is 12.8 Å². The topological polar surface area (TPSA) is 32.3 Å². The highest BCUT2D eigenvalue weighted by Crippen LogP contribution is 2.19. The van der Waals surface area contributed by atoms with E-state index in [1.807, 2.05) is 25.2 Å². The molecule has 0 amide bonds. The molecule has 0 saturated carbocycles. The zero-order valence-corrected chi connectivity index (χ0v) is 10.6. The van der Waals surface area contributed by atoms with Gasteiger partial charge >= 0.3 is 0 Å². The molecule has 0 radical (unpaired) electrons. The lowest BCUT2D eigenvalue weighted by Crippen LogP contribution is -2.16. The highest BCUT2D eigenvalue weighted by atomic mass is 16.3. The third-order valence-electron chi connectivity index (χ3n) is 3.21. The summed E-state index contributed by atoms with van der Waals surface area (Å²) in [6.07, 6.45) is 2.05. The molecule has 94 valence electrons. The minimum absolute atomic E-state index is 0.326. The van der Waals surface area contributed by atoms with Gasteiger partial charge in [-0.15, -0.1) is 0 Å². The SMILES string of the molecule is CNC(CCc1ccc(O)cc1)c1ccccc1. The highest BCUT2D eigenvalue weighted by molar-refractivity contribution is 5.26. The minimum atomic E-state index is 0.326. The maximum atomic E-state index is 9.25. The van der Waals surface area contributed by atoms with Crippen LogP contribution in [0.3, 0.4) is 0 Å². The lowest BCUT2D eigenvalue weighted by Gasteiger charge is -2.16. The van der Waals surface area contributed by atoms with E-state index in [9.17, 15) is 5.11 Å². The van der Waals surface area contributed by atoms with Gasteiger partial charge in [-0.05, 0) is 43.1 Å². The van der Waals surface area contributed by atoms with Gasteiger partial charge in [0.15, 0.2) is 0 Å². The molecule has 0 aliphatic rings. The van der Waals surface area contributed by atoms with Crippen LogP contribution in [0, 0.1) is 0 Å². The van der Waals surface area contributed by atoms with Crippen LogP contribution in [0.5, 0.6) is 5.75 Å².